The van der Waals surface area contributed by atoms with Gasteiger partial charge in [0.15, 0.2) is 0 Å². The highest BCUT2D eigenvalue weighted by atomic mass is 32.2. The molecule has 4 rings (SSSR count). The summed E-state index contributed by atoms with van der Waals surface area (Å²) in [5.41, 5.74) is 0.625. The van der Waals surface area contributed by atoms with Gasteiger partial charge in [-0.2, -0.15) is 4.31 Å². The van der Waals surface area contributed by atoms with Gasteiger partial charge in [0.1, 0.15) is 0 Å². The fourth-order valence-corrected chi connectivity index (χ4v) is 5.24. The van der Waals surface area contributed by atoms with Gasteiger partial charge in [-0.15, -0.1) is 0 Å². The second-order valence-corrected chi connectivity index (χ2v) is 8.68. The molecular formula is C21H21N3O3S. The Morgan fingerprint density at radius 1 is 0.893 bits per heavy atom. The third-order valence-electron chi connectivity index (χ3n) is 5.02. The third kappa shape index (κ3) is 3.50. The predicted octanol–water partition coefficient (Wildman–Crippen LogP) is 2.77. The summed E-state index contributed by atoms with van der Waals surface area (Å²) >= 11 is 0. The summed E-state index contributed by atoms with van der Waals surface area (Å²) in [6.07, 6.45) is 3.87. The largest absolute Gasteiger partial charge is 0.337 e. The molecule has 2 aromatic carbocycles. The lowest BCUT2D eigenvalue weighted by atomic mass is 10.2. The highest BCUT2D eigenvalue weighted by molar-refractivity contribution is 7.89. The van der Waals surface area contributed by atoms with Crippen molar-refractivity contribution in [1.82, 2.24) is 14.2 Å². The molecule has 1 saturated heterocycles. The number of hydrogen-bond acceptors (Lipinski definition) is 4. The molecule has 1 amide bonds. The predicted molar refractivity (Wildman–Crippen MR) is 107 cm³/mol. The van der Waals surface area contributed by atoms with Crippen molar-refractivity contribution in [1.29, 1.82) is 0 Å². The monoisotopic (exact) mass is 395 g/mol. The van der Waals surface area contributed by atoms with E-state index >= 15 is 0 Å². The van der Waals surface area contributed by atoms with Crippen LogP contribution in [0.4, 0.5) is 0 Å². The zero-order valence-corrected chi connectivity index (χ0v) is 16.2. The van der Waals surface area contributed by atoms with Crippen molar-refractivity contribution in [3.05, 3.63) is 72.6 Å². The molecule has 28 heavy (non-hydrogen) atoms. The van der Waals surface area contributed by atoms with E-state index in [1.165, 1.54) is 4.31 Å². The van der Waals surface area contributed by atoms with Crippen LogP contribution in [0.25, 0.3) is 10.8 Å². The minimum absolute atomic E-state index is 0.0592. The zero-order valence-electron chi connectivity index (χ0n) is 15.4. The molecule has 0 unspecified atom stereocenters. The highest BCUT2D eigenvalue weighted by Gasteiger charge is 2.29. The van der Waals surface area contributed by atoms with Crippen LogP contribution >= 0.6 is 0 Å². The van der Waals surface area contributed by atoms with Crippen LogP contribution in [0.15, 0.2) is 71.9 Å². The lowest BCUT2D eigenvalue weighted by molar-refractivity contribution is 0.0764. The van der Waals surface area contributed by atoms with Gasteiger partial charge in [0, 0.05) is 54.9 Å². The first kappa shape index (κ1) is 18.6. The maximum atomic E-state index is 13.3. The fraction of sp³-hybridized carbons (Fsp3) is 0.238. The number of nitrogens with zero attached hydrogens (tertiary/aromatic N) is 3. The minimum Gasteiger partial charge on any atom is -0.337 e. The van der Waals surface area contributed by atoms with Crippen LogP contribution in [-0.2, 0) is 10.0 Å². The van der Waals surface area contributed by atoms with E-state index in [4.69, 9.17) is 0 Å². The van der Waals surface area contributed by atoms with Crippen LogP contribution in [0, 0.1) is 0 Å². The lowest BCUT2D eigenvalue weighted by Crippen LogP contribution is -2.37. The number of pyridine rings is 1. The van der Waals surface area contributed by atoms with Crippen LogP contribution in [0.2, 0.25) is 0 Å². The molecule has 0 saturated carbocycles. The Hall–Kier alpha value is -2.77. The van der Waals surface area contributed by atoms with Crippen molar-refractivity contribution in [3.8, 4) is 0 Å². The number of aromatic nitrogens is 1. The summed E-state index contributed by atoms with van der Waals surface area (Å²) in [6, 6.07) is 16.0. The third-order valence-corrected chi connectivity index (χ3v) is 6.98. The van der Waals surface area contributed by atoms with Gasteiger partial charge in [-0.3, -0.25) is 9.78 Å². The second kappa shape index (κ2) is 7.69. The van der Waals surface area contributed by atoms with Gasteiger partial charge in [0.05, 0.1) is 4.90 Å². The molecule has 7 heteroatoms. The zero-order chi connectivity index (χ0) is 19.6. The van der Waals surface area contributed by atoms with Crippen LogP contribution < -0.4 is 0 Å². The topological polar surface area (TPSA) is 70.6 Å². The van der Waals surface area contributed by atoms with Gasteiger partial charge < -0.3 is 4.90 Å². The Kier molecular flexibility index (Phi) is 5.11. The first-order chi connectivity index (χ1) is 13.6. The quantitative estimate of drug-likeness (QED) is 0.684. The molecule has 6 nitrogen and oxygen atoms in total. The van der Waals surface area contributed by atoms with E-state index in [9.17, 15) is 13.2 Å². The second-order valence-electron chi connectivity index (χ2n) is 6.77. The lowest BCUT2D eigenvalue weighted by Gasteiger charge is -2.22. The molecule has 2 heterocycles. The Morgan fingerprint density at radius 2 is 1.71 bits per heavy atom. The van der Waals surface area contributed by atoms with Gasteiger partial charge in [0.25, 0.3) is 5.91 Å². The van der Waals surface area contributed by atoms with Crippen molar-refractivity contribution in [3.63, 3.8) is 0 Å². The molecule has 0 atom stereocenters. The standard InChI is InChI=1S/C21H21N3O3S/c25-21(17-6-2-1-3-7-17)23-12-5-13-24(15-14-23)28(26,27)20-9-4-8-18-16-22-11-10-19(18)20/h1-4,6-11,16H,5,12-15H2. The molecule has 0 radical (unpaired) electrons. The smallest absolute Gasteiger partial charge is 0.253 e. The summed E-state index contributed by atoms with van der Waals surface area (Å²) < 4.78 is 28.1. The molecule has 3 aromatic rings. The van der Waals surface area contributed by atoms with Crippen LogP contribution in [0.3, 0.4) is 0 Å². The molecular weight excluding hydrogens is 374 g/mol. The Morgan fingerprint density at radius 3 is 2.54 bits per heavy atom. The van der Waals surface area contributed by atoms with Crippen LogP contribution in [0.1, 0.15) is 16.8 Å². The van der Waals surface area contributed by atoms with Crippen LogP contribution in [-0.4, -0.2) is 54.7 Å². The van der Waals surface area contributed by atoms with Gasteiger partial charge >= 0.3 is 0 Å². The van der Waals surface area contributed by atoms with E-state index in [1.807, 2.05) is 24.3 Å². The maximum absolute atomic E-state index is 13.3. The molecule has 1 aliphatic heterocycles. The van der Waals surface area contributed by atoms with Crippen molar-refractivity contribution in [2.75, 3.05) is 26.2 Å². The summed E-state index contributed by atoms with van der Waals surface area (Å²) in [5.74, 6) is -0.0592. The average Bonchev–Trinajstić information content (AvgIpc) is 3.00. The van der Waals surface area contributed by atoms with Crippen LogP contribution in [0.5, 0.6) is 0 Å². The van der Waals surface area contributed by atoms with Crippen molar-refractivity contribution >= 4 is 26.7 Å². The molecule has 144 valence electrons. The number of fused-ring (bicyclic) bond motifs is 1. The van der Waals surface area contributed by atoms with E-state index in [0.29, 0.717) is 37.0 Å². The Bertz CT molecular complexity index is 1090. The number of sulfonamides is 1. The first-order valence-electron chi connectivity index (χ1n) is 9.24. The van der Waals surface area contributed by atoms with Gasteiger partial charge in [-0.25, -0.2) is 8.42 Å². The van der Waals surface area contributed by atoms with Gasteiger partial charge in [0.2, 0.25) is 10.0 Å². The van der Waals surface area contributed by atoms with E-state index < -0.39 is 10.0 Å². The summed E-state index contributed by atoms with van der Waals surface area (Å²) in [4.78, 5) is 18.8. The van der Waals surface area contributed by atoms with E-state index in [2.05, 4.69) is 4.98 Å². The highest BCUT2D eigenvalue weighted by Crippen LogP contribution is 2.26. The maximum Gasteiger partial charge on any atom is 0.253 e. The molecule has 1 aliphatic rings. The normalized spacial score (nSPS) is 16.1. The molecule has 0 aliphatic carbocycles. The van der Waals surface area contributed by atoms with Gasteiger partial charge in [-0.1, -0.05) is 30.3 Å². The number of hydrogen-bond donors (Lipinski definition) is 0. The molecule has 0 bridgehead atoms. The molecule has 0 spiro atoms. The van der Waals surface area contributed by atoms with Crippen molar-refractivity contribution in [2.24, 2.45) is 0 Å². The number of carbonyl (C=O) groups excluding carboxylic acids is 1. The minimum atomic E-state index is -3.66. The Labute approximate surface area is 164 Å². The number of amides is 1. The van der Waals surface area contributed by atoms with Gasteiger partial charge in [-0.05, 0) is 30.7 Å². The molecule has 1 aromatic heterocycles. The molecule has 1 fully saturated rings. The van der Waals surface area contributed by atoms with E-state index in [0.717, 1.165) is 5.39 Å². The van der Waals surface area contributed by atoms with E-state index in [-0.39, 0.29) is 17.3 Å². The summed E-state index contributed by atoms with van der Waals surface area (Å²) in [5, 5.41) is 1.46. The first-order valence-corrected chi connectivity index (χ1v) is 10.7. The SMILES string of the molecule is O=C(c1ccccc1)N1CCCN(S(=O)(=O)c2cccc3cnccc23)CC1. The fourth-order valence-electron chi connectivity index (χ4n) is 3.56. The molecule has 0 N–H and O–H groups in total. The average molecular weight is 395 g/mol. The van der Waals surface area contributed by atoms with Crippen molar-refractivity contribution < 1.29 is 13.2 Å². The summed E-state index contributed by atoms with van der Waals surface area (Å²) in [7, 11) is -3.66. The van der Waals surface area contributed by atoms with Crippen molar-refractivity contribution in [2.45, 2.75) is 11.3 Å². The summed E-state index contributed by atoms with van der Waals surface area (Å²) in [6.45, 7) is 1.59. The van der Waals surface area contributed by atoms with E-state index in [1.54, 1.807) is 47.6 Å². The number of carbonyl (C=O) groups is 1. The Balaban J connectivity index is 1.57. The number of rotatable bonds is 3. The number of benzene rings is 2.